The van der Waals surface area contributed by atoms with Crippen molar-refractivity contribution in [2.24, 2.45) is 0 Å². The predicted molar refractivity (Wildman–Crippen MR) is 107 cm³/mol. The van der Waals surface area contributed by atoms with Crippen LogP contribution < -0.4 is 9.46 Å². The van der Waals surface area contributed by atoms with Gasteiger partial charge in [-0.25, -0.2) is 13.1 Å². The minimum atomic E-state index is -3.22. The lowest BCUT2D eigenvalue weighted by Crippen LogP contribution is -2.46. The highest BCUT2D eigenvalue weighted by atomic mass is 32.2. The summed E-state index contributed by atoms with van der Waals surface area (Å²) >= 11 is 1.47. The zero-order valence-electron chi connectivity index (χ0n) is 15.9. The maximum Gasteiger partial charge on any atom is 0.232 e. The van der Waals surface area contributed by atoms with Gasteiger partial charge in [0.25, 0.3) is 0 Å². The van der Waals surface area contributed by atoms with Gasteiger partial charge in [0.05, 0.1) is 19.1 Å². The van der Waals surface area contributed by atoms with Gasteiger partial charge in [0, 0.05) is 36.0 Å². The normalized spacial score (nSPS) is 15.6. The van der Waals surface area contributed by atoms with Gasteiger partial charge in [0.2, 0.25) is 15.9 Å². The molecule has 0 aromatic heterocycles. The van der Waals surface area contributed by atoms with Crippen LogP contribution in [0.25, 0.3) is 0 Å². The number of benzene rings is 1. The first-order valence-corrected chi connectivity index (χ1v) is 11.7. The third-order valence-electron chi connectivity index (χ3n) is 4.40. The molecule has 0 atom stereocenters. The van der Waals surface area contributed by atoms with Gasteiger partial charge in [0.1, 0.15) is 5.75 Å². The number of ether oxygens (including phenoxy) is 1. The van der Waals surface area contributed by atoms with Crippen LogP contribution in [0.3, 0.4) is 0 Å². The molecule has 0 radical (unpaired) electrons. The van der Waals surface area contributed by atoms with Gasteiger partial charge in [-0.05, 0) is 38.0 Å². The van der Waals surface area contributed by atoms with Gasteiger partial charge in [-0.3, -0.25) is 9.59 Å². The second kappa shape index (κ2) is 9.57. The van der Waals surface area contributed by atoms with Crippen LogP contribution in [0.4, 0.5) is 0 Å². The Labute approximate surface area is 164 Å². The average molecular weight is 415 g/mol. The van der Waals surface area contributed by atoms with E-state index in [1.165, 1.54) is 18.7 Å². The summed E-state index contributed by atoms with van der Waals surface area (Å²) in [6.45, 7) is 2.62. The van der Waals surface area contributed by atoms with E-state index in [1.54, 1.807) is 30.2 Å². The monoisotopic (exact) mass is 414 g/mol. The maximum absolute atomic E-state index is 12.4. The van der Waals surface area contributed by atoms with Crippen LogP contribution in [0.2, 0.25) is 0 Å². The second-order valence-electron chi connectivity index (χ2n) is 6.62. The van der Waals surface area contributed by atoms with Crippen LogP contribution in [0.1, 0.15) is 35.7 Å². The van der Waals surface area contributed by atoms with Crippen LogP contribution >= 0.6 is 11.8 Å². The lowest BCUT2D eigenvalue weighted by molar-refractivity contribution is -0.129. The SMILES string of the molecule is COc1ccc(C(C)=O)cc1CSCC(=O)N1CCC(NS(C)(=O)=O)CC1. The van der Waals surface area contributed by atoms with E-state index in [9.17, 15) is 18.0 Å². The summed E-state index contributed by atoms with van der Waals surface area (Å²) in [4.78, 5) is 25.7. The van der Waals surface area contributed by atoms with Crippen LogP contribution in [-0.4, -0.2) is 63.3 Å². The molecular weight excluding hydrogens is 388 g/mol. The molecule has 2 rings (SSSR count). The highest BCUT2D eigenvalue weighted by Crippen LogP contribution is 2.25. The number of hydrogen-bond acceptors (Lipinski definition) is 6. The number of carbonyl (C=O) groups is 2. The third-order valence-corrected chi connectivity index (χ3v) is 6.13. The van der Waals surface area contributed by atoms with Crippen LogP contribution in [0.15, 0.2) is 18.2 Å². The van der Waals surface area contributed by atoms with E-state index < -0.39 is 10.0 Å². The summed E-state index contributed by atoms with van der Waals surface area (Å²) in [5, 5.41) is 0. The number of Topliss-reactive ketones (excluding diaryl/α,β-unsaturated/α-hetero) is 1. The molecule has 9 heteroatoms. The van der Waals surface area contributed by atoms with Crippen molar-refractivity contribution >= 4 is 33.5 Å². The van der Waals surface area contributed by atoms with Crippen molar-refractivity contribution in [2.45, 2.75) is 31.6 Å². The maximum atomic E-state index is 12.4. The van der Waals surface area contributed by atoms with Gasteiger partial charge >= 0.3 is 0 Å². The number of nitrogens with one attached hydrogen (secondary N) is 1. The van der Waals surface area contributed by atoms with Gasteiger partial charge < -0.3 is 9.64 Å². The molecule has 7 nitrogen and oxygen atoms in total. The van der Waals surface area contributed by atoms with Crippen molar-refractivity contribution in [2.75, 3.05) is 32.2 Å². The van der Waals surface area contributed by atoms with Crippen molar-refractivity contribution < 1.29 is 22.7 Å². The Morgan fingerprint density at radius 3 is 2.52 bits per heavy atom. The molecule has 0 saturated carbocycles. The van der Waals surface area contributed by atoms with E-state index in [0.29, 0.717) is 48.7 Å². The number of nitrogens with zero attached hydrogens (tertiary/aromatic N) is 1. The zero-order valence-corrected chi connectivity index (χ0v) is 17.5. The summed E-state index contributed by atoms with van der Waals surface area (Å²) < 4.78 is 30.5. The van der Waals surface area contributed by atoms with Crippen LogP contribution in [-0.2, 0) is 20.6 Å². The number of likely N-dealkylation sites (tertiary alicyclic amines) is 1. The van der Waals surface area contributed by atoms with E-state index in [2.05, 4.69) is 4.72 Å². The Balaban J connectivity index is 1.83. The topological polar surface area (TPSA) is 92.8 Å². The van der Waals surface area contributed by atoms with Crippen molar-refractivity contribution in [3.63, 3.8) is 0 Å². The Kier molecular flexibility index (Phi) is 7.69. The molecule has 150 valence electrons. The van der Waals surface area contributed by atoms with E-state index in [0.717, 1.165) is 11.8 Å². The minimum absolute atomic E-state index is 0.00875. The number of hydrogen-bond donors (Lipinski definition) is 1. The molecule has 0 aliphatic carbocycles. The number of ketones is 1. The van der Waals surface area contributed by atoms with Crippen molar-refractivity contribution in [3.05, 3.63) is 29.3 Å². The molecule has 1 aliphatic heterocycles. The van der Waals surface area contributed by atoms with Gasteiger partial charge in [-0.2, -0.15) is 0 Å². The summed E-state index contributed by atoms with van der Waals surface area (Å²) in [6, 6.07) is 5.21. The molecule has 0 unspecified atom stereocenters. The summed E-state index contributed by atoms with van der Waals surface area (Å²) in [5.74, 6) is 1.64. The summed E-state index contributed by atoms with van der Waals surface area (Å²) in [5.41, 5.74) is 1.51. The lowest BCUT2D eigenvalue weighted by Gasteiger charge is -2.32. The fourth-order valence-electron chi connectivity index (χ4n) is 3.00. The number of thioether (sulfide) groups is 1. The molecule has 1 aliphatic rings. The number of carbonyl (C=O) groups excluding carboxylic acids is 2. The zero-order chi connectivity index (χ0) is 20.0. The van der Waals surface area contributed by atoms with E-state index in [-0.39, 0.29) is 17.7 Å². The average Bonchev–Trinajstić information content (AvgIpc) is 2.60. The fourth-order valence-corrected chi connectivity index (χ4v) is 4.75. The standard InChI is InChI=1S/C18H26N2O5S2/c1-13(21)14-4-5-17(25-2)15(10-14)11-26-12-18(22)20-8-6-16(7-9-20)19-27(3,23)24/h4-5,10,16,19H,6-9,11-12H2,1-3H3. The predicted octanol–water partition coefficient (Wildman–Crippen LogP) is 1.67. The number of rotatable bonds is 8. The molecule has 0 bridgehead atoms. The highest BCUT2D eigenvalue weighted by molar-refractivity contribution is 7.99. The summed E-state index contributed by atoms with van der Waals surface area (Å²) in [7, 11) is -1.64. The van der Waals surface area contributed by atoms with Crippen molar-refractivity contribution in [1.29, 1.82) is 0 Å². The molecule has 27 heavy (non-hydrogen) atoms. The number of piperidine rings is 1. The third kappa shape index (κ3) is 6.82. The molecule has 1 fully saturated rings. The second-order valence-corrected chi connectivity index (χ2v) is 9.39. The van der Waals surface area contributed by atoms with Crippen LogP contribution in [0, 0.1) is 0 Å². The molecule has 1 heterocycles. The molecule has 1 saturated heterocycles. The summed E-state index contributed by atoms with van der Waals surface area (Å²) in [6.07, 6.45) is 2.40. The smallest absolute Gasteiger partial charge is 0.232 e. The lowest BCUT2D eigenvalue weighted by atomic mass is 10.1. The van der Waals surface area contributed by atoms with Crippen molar-refractivity contribution in [3.8, 4) is 5.75 Å². The Morgan fingerprint density at radius 2 is 1.96 bits per heavy atom. The van der Waals surface area contributed by atoms with E-state index in [4.69, 9.17) is 4.74 Å². The molecule has 1 aromatic carbocycles. The van der Waals surface area contributed by atoms with Gasteiger partial charge in [0.15, 0.2) is 5.78 Å². The fraction of sp³-hybridized carbons (Fsp3) is 0.556. The van der Waals surface area contributed by atoms with E-state index in [1.807, 2.05) is 0 Å². The molecule has 1 amide bonds. The van der Waals surface area contributed by atoms with Gasteiger partial charge in [-0.1, -0.05) is 0 Å². The first kappa shape index (κ1) is 21.7. The Bertz CT molecular complexity index is 787. The van der Waals surface area contributed by atoms with Crippen LogP contribution in [0.5, 0.6) is 5.75 Å². The highest BCUT2D eigenvalue weighted by Gasteiger charge is 2.24. The van der Waals surface area contributed by atoms with Crippen molar-refractivity contribution in [1.82, 2.24) is 9.62 Å². The Morgan fingerprint density at radius 1 is 1.30 bits per heavy atom. The van der Waals surface area contributed by atoms with E-state index >= 15 is 0 Å². The molecule has 1 aromatic rings. The quantitative estimate of drug-likeness (QED) is 0.651. The number of methoxy groups -OCH3 is 1. The first-order valence-electron chi connectivity index (χ1n) is 8.70. The number of amides is 1. The van der Waals surface area contributed by atoms with Gasteiger partial charge in [-0.15, -0.1) is 11.8 Å². The number of sulfonamides is 1. The molecule has 0 spiro atoms. The minimum Gasteiger partial charge on any atom is -0.496 e. The largest absolute Gasteiger partial charge is 0.496 e. The Hall–Kier alpha value is -1.58. The first-order chi connectivity index (χ1) is 12.7. The molecule has 1 N–H and O–H groups in total. The molecular formula is C18H26N2O5S2.